The number of aryl methyl sites for hydroxylation is 1. The quantitative estimate of drug-likeness (QED) is 0.739. The molecule has 0 fully saturated rings. The van der Waals surface area contributed by atoms with Gasteiger partial charge < -0.3 is 14.8 Å². The standard InChI is InChI=1S/C12H22ClN3O2/c1-5-7-16-11(9(13)8-15-16)10(14-6-2)12(17-3)18-4/h8,10,12,14H,5-7H2,1-4H3. The summed E-state index contributed by atoms with van der Waals surface area (Å²) >= 11 is 6.23. The van der Waals surface area contributed by atoms with Gasteiger partial charge in [-0.3, -0.25) is 4.68 Å². The summed E-state index contributed by atoms with van der Waals surface area (Å²) in [5, 5.41) is 8.26. The second kappa shape index (κ2) is 7.74. The first-order valence-corrected chi connectivity index (χ1v) is 6.57. The lowest BCUT2D eigenvalue weighted by Gasteiger charge is -2.26. The van der Waals surface area contributed by atoms with E-state index < -0.39 is 6.29 Å². The highest BCUT2D eigenvalue weighted by Gasteiger charge is 2.27. The van der Waals surface area contributed by atoms with E-state index in [0.29, 0.717) is 5.02 Å². The first-order valence-electron chi connectivity index (χ1n) is 6.19. The summed E-state index contributed by atoms with van der Waals surface area (Å²) < 4.78 is 12.6. The van der Waals surface area contributed by atoms with Crippen molar-refractivity contribution < 1.29 is 9.47 Å². The Hall–Kier alpha value is -0.620. The van der Waals surface area contributed by atoms with Crippen LogP contribution < -0.4 is 5.32 Å². The minimum Gasteiger partial charge on any atom is -0.354 e. The molecule has 6 heteroatoms. The Morgan fingerprint density at radius 2 is 2.06 bits per heavy atom. The third-order valence-corrected chi connectivity index (χ3v) is 3.02. The third-order valence-electron chi connectivity index (χ3n) is 2.72. The summed E-state index contributed by atoms with van der Waals surface area (Å²) in [5.41, 5.74) is 0.911. The van der Waals surface area contributed by atoms with Crippen LogP contribution in [-0.4, -0.2) is 36.8 Å². The van der Waals surface area contributed by atoms with Gasteiger partial charge in [0.15, 0.2) is 6.29 Å². The SMILES string of the molecule is CCCn1ncc(Cl)c1C(NCC)C(OC)OC. The van der Waals surface area contributed by atoms with Crippen molar-refractivity contribution in [3.63, 3.8) is 0 Å². The number of hydrogen-bond donors (Lipinski definition) is 1. The Bertz CT molecular complexity index is 353. The number of rotatable bonds is 8. The third kappa shape index (κ3) is 3.45. The zero-order valence-corrected chi connectivity index (χ0v) is 12.2. The summed E-state index contributed by atoms with van der Waals surface area (Å²) in [6, 6.07) is -0.133. The van der Waals surface area contributed by atoms with Gasteiger partial charge in [0.25, 0.3) is 0 Å². The maximum absolute atomic E-state index is 6.23. The molecule has 1 rings (SSSR count). The number of aromatic nitrogens is 2. The van der Waals surface area contributed by atoms with Gasteiger partial charge in [-0.05, 0) is 13.0 Å². The number of ether oxygens (including phenoxy) is 2. The zero-order valence-electron chi connectivity index (χ0n) is 11.4. The van der Waals surface area contributed by atoms with E-state index in [1.54, 1.807) is 20.4 Å². The molecule has 1 atom stereocenters. The van der Waals surface area contributed by atoms with E-state index in [0.717, 1.165) is 25.2 Å². The Morgan fingerprint density at radius 3 is 2.56 bits per heavy atom. The van der Waals surface area contributed by atoms with Gasteiger partial charge >= 0.3 is 0 Å². The fraction of sp³-hybridized carbons (Fsp3) is 0.750. The normalized spacial score (nSPS) is 13.2. The van der Waals surface area contributed by atoms with Crippen LogP contribution in [0.4, 0.5) is 0 Å². The summed E-state index contributed by atoms with van der Waals surface area (Å²) in [6.07, 6.45) is 2.27. The van der Waals surface area contributed by atoms with E-state index in [1.165, 1.54) is 0 Å². The van der Waals surface area contributed by atoms with Crippen LogP contribution in [0.2, 0.25) is 5.02 Å². The molecule has 0 aliphatic heterocycles. The molecule has 0 bridgehead atoms. The van der Waals surface area contributed by atoms with Crippen LogP contribution in [-0.2, 0) is 16.0 Å². The van der Waals surface area contributed by atoms with Gasteiger partial charge in [0, 0.05) is 20.8 Å². The van der Waals surface area contributed by atoms with Crippen LogP contribution in [0.1, 0.15) is 32.0 Å². The molecule has 0 radical (unpaired) electrons. The molecule has 0 amide bonds. The molecular weight excluding hydrogens is 254 g/mol. The lowest BCUT2D eigenvalue weighted by molar-refractivity contribution is -0.125. The Morgan fingerprint density at radius 1 is 1.39 bits per heavy atom. The molecule has 104 valence electrons. The number of nitrogens with one attached hydrogen (secondary N) is 1. The number of likely N-dealkylation sites (N-methyl/N-ethyl adjacent to an activating group) is 1. The summed E-state index contributed by atoms with van der Waals surface area (Å²) in [7, 11) is 3.24. The van der Waals surface area contributed by atoms with Crippen LogP contribution in [0.15, 0.2) is 6.20 Å². The van der Waals surface area contributed by atoms with Crippen molar-refractivity contribution in [2.45, 2.75) is 39.1 Å². The molecule has 0 aliphatic carbocycles. The molecule has 0 spiro atoms. The molecule has 1 aromatic rings. The zero-order chi connectivity index (χ0) is 13.5. The largest absolute Gasteiger partial charge is 0.354 e. The second-order valence-corrected chi connectivity index (χ2v) is 4.38. The molecule has 0 aliphatic rings. The highest BCUT2D eigenvalue weighted by atomic mass is 35.5. The smallest absolute Gasteiger partial charge is 0.177 e. The van der Waals surface area contributed by atoms with Gasteiger partial charge in [0.05, 0.1) is 16.9 Å². The van der Waals surface area contributed by atoms with Crippen LogP contribution in [0.3, 0.4) is 0 Å². The molecule has 1 aromatic heterocycles. The average Bonchev–Trinajstić information content (AvgIpc) is 2.71. The topological polar surface area (TPSA) is 48.3 Å². The van der Waals surface area contributed by atoms with Crippen molar-refractivity contribution in [2.24, 2.45) is 0 Å². The monoisotopic (exact) mass is 275 g/mol. The van der Waals surface area contributed by atoms with Crippen molar-refractivity contribution in [3.05, 3.63) is 16.9 Å². The molecule has 0 saturated heterocycles. The number of hydrogen-bond acceptors (Lipinski definition) is 4. The average molecular weight is 276 g/mol. The lowest BCUT2D eigenvalue weighted by Crippen LogP contribution is -2.36. The van der Waals surface area contributed by atoms with Gasteiger partial charge in [0.2, 0.25) is 0 Å². The van der Waals surface area contributed by atoms with E-state index in [1.807, 2.05) is 11.6 Å². The van der Waals surface area contributed by atoms with Gasteiger partial charge in [-0.1, -0.05) is 25.4 Å². The number of nitrogens with zero attached hydrogens (tertiary/aromatic N) is 2. The van der Waals surface area contributed by atoms with Crippen molar-refractivity contribution >= 4 is 11.6 Å². The van der Waals surface area contributed by atoms with E-state index in [2.05, 4.69) is 17.3 Å². The Kier molecular flexibility index (Phi) is 6.63. The molecule has 5 nitrogen and oxygen atoms in total. The molecule has 1 unspecified atom stereocenters. The highest BCUT2D eigenvalue weighted by Crippen LogP contribution is 2.27. The summed E-state index contributed by atoms with van der Waals surface area (Å²) in [6.45, 7) is 5.75. The lowest BCUT2D eigenvalue weighted by atomic mass is 10.2. The minimum absolute atomic E-state index is 0.133. The van der Waals surface area contributed by atoms with E-state index in [4.69, 9.17) is 21.1 Å². The Labute approximate surface area is 113 Å². The predicted molar refractivity (Wildman–Crippen MR) is 71.8 cm³/mol. The van der Waals surface area contributed by atoms with E-state index >= 15 is 0 Å². The van der Waals surface area contributed by atoms with Gasteiger partial charge in [-0.15, -0.1) is 0 Å². The fourth-order valence-electron chi connectivity index (χ4n) is 1.98. The van der Waals surface area contributed by atoms with Crippen molar-refractivity contribution in [2.75, 3.05) is 20.8 Å². The predicted octanol–water partition coefficient (Wildman–Crippen LogP) is 2.22. The number of methoxy groups -OCH3 is 2. The fourth-order valence-corrected chi connectivity index (χ4v) is 2.24. The molecule has 18 heavy (non-hydrogen) atoms. The molecular formula is C12H22ClN3O2. The highest BCUT2D eigenvalue weighted by molar-refractivity contribution is 6.31. The Balaban J connectivity index is 3.07. The van der Waals surface area contributed by atoms with Crippen molar-refractivity contribution in [3.8, 4) is 0 Å². The van der Waals surface area contributed by atoms with Crippen LogP contribution in [0.5, 0.6) is 0 Å². The maximum atomic E-state index is 6.23. The van der Waals surface area contributed by atoms with Crippen molar-refractivity contribution in [1.82, 2.24) is 15.1 Å². The minimum atomic E-state index is -0.394. The maximum Gasteiger partial charge on any atom is 0.177 e. The summed E-state index contributed by atoms with van der Waals surface area (Å²) in [4.78, 5) is 0. The van der Waals surface area contributed by atoms with E-state index in [9.17, 15) is 0 Å². The van der Waals surface area contributed by atoms with Crippen molar-refractivity contribution in [1.29, 1.82) is 0 Å². The molecule has 0 saturated carbocycles. The van der Waals surface area contributed by atoms with Gasteiger partial charge in [-0.2, -0.15) is 5.10 Å². The molecule has 0 aromatic carbocycles. The number of halogens is 1. The van der Waals surface area contributed by atoms with Crippen LogP contribution in [0, 0.1) is 0 Å². The van der Waals surface area contributed by atoms with Gasteiger partial charge in [0.1, 0.15) is 6.04 Å². The molecule has 1 heterocycles. The summed E-state index contributed by atoms with van der Waals surface area (Å²) in [5.74, 6) is 0. The first-order chi connectivity index (χ1) is 8.69. The van der Waals surface area contributed by atoms with Crippen LogP contribution >= 0.6 is 11.6 Å². The van der Waals surface area contributed by atoms with Gasteiger partial charge in [-0.25, -0.2) is 0 Å². The first kappa shape index (κ1) is 15.4. The van der Waals surface area contributed by atoms with Crippen LogP contribution in [0.25, 0.3) is 0 Å². The second-order valence-electron chi connectivity index (χ2n) is 3.98. The van der Waals surface area contributed by atoms with E-state index in [-0.39, 0.29) is 6.04 Å². The molecule has 1 N–H and O–H groups in total.